The summed E-state index contributed by atoms with van der Waals surface area (Å²) in [4.78, 5) is 0. The Morgan fingerprint density at radius 2 is 1.75 bits per heavy atom. The molecule has 0 aliphatic carbocycles. The van der Waals surface area contributed by atoms with E-state index in [0.29, 0.717) is 13.0 Å². The quantitative estimate of drug-likeness (QED) is 0.672. The van der Waals surface area contributed by atoms with Crippen LogP contribution in [0, 0.1) is 0 Å². The van der Waals surface area contributed by atoms with Crippen molar-refractivity contribution in [1.29, 1.82) is 0 Å². The molecule has 0 fully saturated rings. The van der Waals surface area contributed by atoms with Crippen molar-refractivity contribution in [3.8, 4) is 5.75 Å². The van der Waals surface area contributed by atoms with Crippen LogP contribution in [0.1, 0.15) is 24.5 Å². The number of aryl methyl sites for hydroxylation is 2. The second-order valence-corrected chi connectivity index (χ2v) is 7.58. The van der Waals surface area contributed by atoms with Gasteiger partial charge in [-0.3, -0.25) is 0 Å². The van der Waals surface area contributed by atoms with Crippen molar-refractivity contribution < 1.29 is 13.2 Å². The van der Waals surface area contributed by atoms with Gasteiger partial charge in [0, 0.05) is 6.54 Å². The first-order chi connectivity index (χ1) is 11.6. The Bertz CT molecular complexity index is 714. The van der Waals surface area contributed by atoms with Crippen molar-refractivity contribution in [2.75, 3.05) is 18.9 Å². The smallest absolute Gasteiger partial charge is 0.211 e. The third-order valence-corrected chi connectivity index (χ3v) is 5.19. The van der Waals surface area contributed by atoms with E-state index in [1.165, 1.54) is 5.56 Å². The van der Waals surface area contributed by atoms with Gasteiger partial charge in [0.15, 0.2) is 0 Å². The maximum atomic E-state index is 12.0. The molecule has 0 heterocycles. The van der Waals surface area contributed by atoms with Gasteiger partial charge in [-0.15, -0.1) is 0 Å². The molecule has 0 unspecified atom stereocenters. The fraction of sp³-hybridized carbons (Fsp3) is 0.368. The summed E-state index contributed by atoms with van der Waals surface area (Å²) in [6, 6.07) is 17.8. The second kappa shape index (κ2) is 9.45. The zero-order valence-corrected chi connectivity index (χ0v) is 14.9. The summed E-state index contributed by atoms with van der Waals surface area (Å²) in [6.07, 6.45) is 2.33. The minimum absolute atomic E-state index is 0.132. The van der Waals surface area contributed by atoms with Crippen LogP contribution in [0.2, 0.25) is 0 Å². The molecule has 0 spiro atoms. The van der Waals surface area contributed by atoms with Gasteiger partial charge >= 0.3 is 0 Å². The fourth-order valence-electron chi connectivity index (χ4n) is 2.40. The SMILES string of the molecule is CCc1cccc(OCCNS(=O)(=O)CCCc2ccccc2)c1. The molecule has 0 radical (unpaired) electrons. The molecule has 0 saturated carbocycles. The van der Waals surface area contributed by atoms with Gasteiger partial charge in [0.05, 0.1) is 5.75 Å². The summed E-state index contributed by atoms with van der Waals surface area (Å²) < 4.78 is 32.1. The van der Waals surface area contributed by atoms with Crippen LogP contribution in [0.5, 0.6) is 5.75 Å². The third-order valence-electron chi connectivity index (χ3n) is 3.72. The lowest BCUT2D eigenvalue weighted by atomic mass is 10.1. The zero-order chi connectivity index (χ0) is 17.3. The van der Waals surface area contributed by atoms with Gasteiger partial charge in [0.1, 0.15) is 12.4 Å². The number of nitrogens with one attached hydrogen (secondary N) is 1. The van der Waals surface area contributed by atoms with E-state index >= 15 is 0 Å². The van der Waals surface area contributed by atoms with E-state index in [-0.39, 0.29) is 12.3 Å². The summed E-state index contributed by atoms with van der Waals surface area (Å²) in [7, 11) is -3.25. The minimum Gasteiger partial charge on any atom is -0.492 e. The Morgan fingerprint density at radius 1 is 1.00 bits per heavy atom. The van der Waals surface area contributed by atoms with Crippen molar-refractivity contribution in [1.82, 2.24) is 4.72 Å². The molecule has 0 bridgehead atoms. The molecule has 0 aromatic heterocycles. The third kappa shape index (κ3) is 6.72. The van der Waals surface area contributed by atoms with E-state index in [0.717, 1.165) is 24.2 Å². The molecular weight excluding hydrogens is 322 g/mol. The van der Waals surface area contributed by atoms with E-state index in [1.807, 2.05) is 54.6 Å². The summed E-state index contributed by atoms with van der Waals surface area (Å²) in [6.45, 7) is 2.69. The van der Waals surface area contributed by atoms with Crippen LogP contribution in [0.15, 0.2) is 54.6 Å². The van der Waals surface area contributed by atoms with Crippen molar-refractivity contribution in [2.45, 2.75) is 26.2 Å². The van der Waals surface area contributed by atoms with Gasteiger partial charge in [-0.1, -0.05) is 49.4 Å². The minimum atomic E-state index is -3.25. The highest BCUT2D eigenvalue weighted by atomic mass is 32.2. The average Bonchev–Trinajstić information content (AvgIpc) is 2.60. The van der Waals surface area contributed by atoms with Crippen LogP contribution in [0.3, 0.4) is 0 Å². The van der Waals surface area contributed by atoms with E-state index in [1.54, 1.807) is 0 Å². The maximum absolute atomic E-state index is 12.0. The van der Waals surface area contributed by atoms with Gasteiger partial charge in [-0.2, -0.15) is 0 Å². The molecule has 0 amide bonds. The normalized spacial score (nSPS) is 11.4. The van der Waals surface area contributed by atoms with E-state index in [9.17, 15) is 8.42 Å². The molecular formula is C19H25NO3S. The summed E-state index contributed by atoms with van der Waals surface area (Å²) in [5, 5.41) is 0. The largest absolute Gasteiger partial charge is 0.492 e. The summed E-state index contributed by atoms with van der Waals surface area (Å²) in [5.74, 6) is 0.908. The van der Waals surface area contributed by atoms with E-state index < -0.39 is 10.0 Å². The van der Waals surface area contributed by atoms with Crippen molar-refractivity contribution in [2.24, 2.45) is 0 Å². The van der Waals surface area contributed by atoms with Crippen LogP contribution in [0.25, 0.3) is 0 Å². The maximum Gasteiger partial charge on any atom is 0.211 e. The van der Waals surface area contributed by atoms with Gasteiger partial charge in [0.2, 0.25) is 10.0 Å². The molecule has 2 rings (SSSR count). The number of sulfonamides is 1. The molecule has 0 aliphatic heterocycles. The lowest BCUT2D eigenvalue weighted by Gasteiger charge is -2.09. The van der Waals surface area contributed by atoms with Crippen LogP contribution in [-0.4, -0.2) is 27.3 Å². The molecule has 0 atom stereocenters. The number of hydrogen-bond donors (Lipinski definition) is 1. The Kier molecular flexibility index (Phi) is 7.28. The standard InChI is InChI=1S/C19H25NO3S/c1-2-17-10-6-12-19(16-17)23-14-13-20-24(21,22)15-7-11-18-8-4-3-5-9-18/h3-6,8-10,12,16,20H,2,7,11,13-15H2,1H3. The first kappa shape index (κ1) is 18.5. The molecule has 0 saturated heterocycles. The summed E-state index contributed by atoms with van der Waals surface area (Å²) >= 11 is 0. The van der Waals surface area contributed by atoms with Gasteiger partial charge in [0.25, 0.3) is 0 Å². The number of ether oxygens (including phenoxy) is 1. The van der Waals surface area contributed by atoms with Crippen LogP contribution < -0.4 is 9.46 Å². The lowest BCUT2D eigenvalue weighted by Crippen LogP contribution is -2.30. The predicted molar refractivity (Wildman–Crippen MR) is 97.9 cm³/mol. The molecule has 2 aromatic rings. The monoisotopic (exact) mass is 347 g/mol. The Balaban J connectivity index is 1.66. The summed E-state index contributed by atoms with van der Waals surface area (Å²) in [5.41, 5.74) is 2.36. The number of rotatable bonds is 10. The molecule has 5 heteroatoms. The topological polar surface area (TPSA) is 55.4 Å². The number of hydrogen-bond acceptors (Lipinski definition) is 3. The molecule has 24 heavy (non-hydrogen) atoms. The lowest BCUT2D eigenvalue weighted by molar-refractivity contribution is 0.322. The van der Waals surface area contributed by atoms with Crippen LogP contribution >= 0.6 is 0 Å². The second-order valence-electron chi connectivity index (χ2n) is 5.65. The van der Waals surface area contributed by atoms with Crippen LogP contribution in [0.4, 0.5) is 0 Å². The highest BCUT2D eigenvalue weighted by molar-refractivity contribution is 7.89. The Morgan fingerprint density at radius 3 is 2.50 bits per heavy atom. The molecule has 4 nitrogen and oxygen atoms in total. The van der Waals surface area contributed by atoms with Crippen molar-refractivity contribution >= 4 is 10.0 Å². The Labute approximate surface area is 144 Å². The highest BCUT2D eigenvalue weighted by Crippen LogP contribution is 2.13. The van der Waals surface area contributed by atoms with Gasteiger partial charge in [-0.05, 0) is 42.5 Å². The van der Waals surface area contributed by atoms with E-state index in [4.69, 9.17) is 4.74 Å². The van der Waals surface area contributed by atoms with Crippen molar-refractivity contribution in [3.05, 3.63) is 65.7 Å². The molecule has 1 N–H and O–H groups in total. The molecule has 2 aromatic carbocycles. The van der Waals surface area contributed by atoms with Gasteiger partial charge in [-0.25, -0.2) is 13.1 Å². The van der Waals surface area contributed by atoms with Crippen LogP contribution in [-0.2, 0) is 22.9 Å². The van der Waals surface area contributed by atoms with E-state index in [2.05, 4.69) is 11.6 Å². The zero-order valence-electron chi connectivity index (χ0n) is 14.1. The number of benzene rings is 2. The Hall–Kier alpha value is -1.85. The van der Waals surface area contributed by atoms with Crippen molar-refractivity contribution in [3.63, 3.8) is 0 Å². The highest BCUT2D eigenvalue weighted by Gasteiger charge is 2.09. The van der Waals surface area contributed by atoms with Gasteiger partial charge < -0.3 is 4.74 Å². The average molecular weight is 347 g/mol. The molecule has 130 valence electrons. The first-order valence-corrected chi connectivity index (χ1v) is 9.97. The first-order valence-electron chi connectivity index (χ1n) is 8.32. The fourth-order valence-corrected chi connectivity index (χ4v) is 3.47. The molecule has 0 aliphatic rings. The predicted octanol–water partition coefficient (Wildman–Crippen LogP) is 3.18.